The van der Waals surface area contributed by atoms with E-state index in [4.69, 9.17) is 18.9 Å². The molecule has 0 amide bonds. The van der Waals surface area contributed by atoms with E-state index in [1.165, 1.54) is 26.2 Å². The number of hydrogen-bond acceptors (Lipinski definition) is 7. The molecule has 7 nitrogen and oxygen atoms in total. The Kier molecular flexibility index (Phi) is 4.14. The molecular weight excluding hydrogens is 352 g/mol. The Morgan fingerprint density at radius 2 is 1.96 bits per heavy atom. The van der Waals surface area contributed by atoms with Crippen molar-refractivity contribution < 1.29 is 33.6 Å². The van der Waals surface area contributed by atoms with E-state index in [1.54, 1.807) is 12.1 Å². The number of hydrogen-bond donors (Lipinski definition) is 1. The molecule has 0 unspecified atom stereocenters. The van der Waals surface area contributed by atoms with Crippen LogP contribution in [-0.4, -0.2) is 37.2 Å². The highest BCUT2D eigenvalue weighted by Gasteiger charge is 2.34. The third-order valence-corrected chi connectivity index (χ3v) is 4.75. The van der Waals surface area contributed by atoms with Gasteiger partial charge in [0.25, 0.3) is 0 Å². The summed E-state index contributed by atoms with van der Waals surface area (Å²) >= 11 is 0. The lowest BCUT2D eigenvalue weighted by Crippen LogP contribution is -2.22. The van der Waals surface area contributed by atoms with Crippen LogP contribution in [0.15, 0.2) is 24.3 Å². The molecule has 0 spiro atoms. The van der Waals surface area contributed by atoms with Gasteiger partial charge in [0.2, 0.25) is 5.75 Å². The third kappa shape index (κ3) is 2.85. The van der Waals surface area contributed by atoms with Gasteiger partial charge in [0, 0.05) is 11.5 Å². The van der Waals surface area contributed by atoms with Gasteiger partial charge in [-0.15, -0.1) is 0 Å². The minimum atomic E-state index is -0.509. The molecule has 0 radical (unpaired) electrons. The van der Waals surface area contributed by atoms with Crippen molar-refractivity contribution >= 4 is 11.8 Å². The standard InChI is InChI=1S/C20H18O7/c1-10(21)12-3-4-14-18(19(12)23)13(9-17(22)27-14)11-7-15(24-2)20-16(8-11)25-5-6-26-20/h3-4,7-8,13,23H,5-6,9H2,1-2H3/t13-/m1/s1. The molecule has 0 aromatic heterocycles. The molecule has 0 saturated carbocycles. The number of esters is 1. The molecule has 2 aliphatic rings. The summed E-state index contributed by atoms with van der Waals surface area (Å²) in [6.07, 6.45) is 0.0186. The molecule has 140 valence electrons. The summed E-state index contributed by atoms with van der Waals surface area (Å²) in [7, 11) is 1.52. The Hall–Kier alpha value is -3.22. The van der Waals surface area contributed by atoms with E-state index >= 15 is 0 Å². The topological polar surface area (TPSA) is 91.3 Å². The molecule has 27 heavy (non-hydrogen) atoms. The van der Waals surface area contributed by atoms with Gasteiger partial charge in [0.15, 0.2) is 17.3 Å². The Morgan fingerprint density at radius 3 is 2.70 bits per heavy atom. The van der Waals surface area contributed by atoms with Crippen molar-refractivity contribution in [3.63, 3.8) is 0 Å². The lowest BCUT2D eigenvalue weighted by Gasteiger charge is -2.28. The summed E-state index contributed by atoms with van der Waals surface area (Å²) in [6.45, 7) is 2.20. The number of methoxy groups -OCH3 is 1. The first kappa shape index (κ1) is 17.2. The normalized spacial score (nSPS) is 17.7. The van der Waals surface area contributed by atoms with Crippen LogP contribution in [0.5, 0.6) is 28.7 Å². The molecule has 2 aromatic rings. The van der Waals surface area contributed by atoms with Crippen LogP contribution in [0, 0.1) is 0 Å². The van der Waals surface area contributed by atoms with Crippen molar-refractivity contribution in [2.45, 2.75) is 19.3 Å². The van der Waals surface area contributed by atoms with Gasteiger partial charge in [-0.1, -0.05) is 0 Å². The summed E-state index contributed by atoms with van der Waals surface area (Å²) in [5, 5.41) is 10.7. The highest BCUT2D eigenvalue weighted by Crippen LogP contribution is 2.49. The first-order valence-electron chi connectivity index (χ1n) is 8.54. The Morgan fingerprint density at radius 1 is 1.19 bits per heavy atom. The van der Waals surface area contributed by atoms with Gasteiger partial charge in [-0.05, 0) is 36.8 Å². The fourth-order valence-electron chi connectivity index (χ4n) is 3.51. The summed E-state index contributed by atoms with van der Waals surface area (Å²) < 4.78 is 22.0. The Bertz CT molecular complexity index is 931. The van der Waals surface area contributed by atoms with Crippen molar-refractivity contribution in [2.24, 2.45) is 0 Å². The maximum atomic E-state index is 12.1. The smallest absolute Gasteiger partial charge is 0.312 e. The maximum Gasteiger partial charge on any atom is 0.312 e. The average molecular weight is 370 g/mol. The van der Waals surface area contributed by atoms with Crippen molar-refractivity contribution in [1.82, 2.24) is 0 Å². The zero-order valence-electron chi connectivity index (χ0n) is 14.9. The average Bonchev–Trinajstić information content (AvgIpc) is 2.66. The van der Waals surface area contributed by atoms with E-state index in [-0.39, 0.29) is 29.3 Å². The molecule has 2 heterocycles. The molecule has 0 saturated heterocycles. The lowest BCUT2D eigenvalue weighted by molar-refractivity contribution is -0.135. The van der Waals surface area contributed by atoms with Crippen LogP contribution in [0.25, 0.3) is 0 Å². The minimum Gasteiger partial charge on any atom is -0.507 e. The molecule has 0 fully saturated rings. The SMILES string of the molecule is COc1cc([C@H]2CC(=O)Oc3ccc(C(C)=O)c(O)c32)cc2c1OCCO2. The van der Waals surface area contributed by atoms with Gasteiger partial charge in [-0.3, -0.25) is 9.59 Å². The van der Waals surface area contributed by atoms with Crippen molar-refractivity contribution in [3.8, 4) is 28.7 Å². The number of phenolic OH excluding ortho intramolecular Hbond substituents is 1. The second-order valence-electron chi connectivity index (χ2n) is 6.41. The molecule has 2 aromatic carbocycles. The largest absolute Gasteiger partial charge is 0.507 e. The number of carbonyl (C=O) groups excluding carboxylic acids is 2. The second kappa shape index (κ2) is 6.50. The lowest BCUT2D eigenvalue weighted by atomic mass is 9.84. The number of aromatic hydroxyl groups is 1. The zero-order chi connectivity index (χ0) is 19.1. The first-order valence-corrected chi connectivity index (χ1v) is 8.54. The van der Waals surface area contributed by atoms with Gasteiger partial charge in [0.05, 0.1) is 19.1 Å². The summed E-state index contributed by atoms with van der Waals surface area (Å²) in [4.78, 5) is 24.0. The number of benzene rings is 2. The van der Waals surface area contributed by atoms with E-state index < -0.39 is 11.9 Å². The van der Waals surface area contributed by atoms with Crippen molar-refractivity contribution in [3.05, 3.63) is 41.0 Å². The predicted molar refractivity (Wildman–Crippen MR) is 94.2 cm³/mol. The fraction of sp³-hybridized carbons (Fsp3) is 0.300. The van der Waals surface area contributed by atoms with Crippen LogP contribution in [0.1, 0.15) is 40.7 Å². The van der Waals surface area contributed by atoms with Crippen LogP contribution in [0.3, 0.4) is 0 Å². The minimum absolute atomic E-state index is 0.0186. The second-order valence-corrected chi connectivity index (χ2v) is 6.41. The van der Waals surface area contributed by atoms with Gasteiger partial charge in [-0.2, -0.15) is 0 Å². The van der Waals surface area contributed by atoms with Crippen molar-refractivity contribution in [1.29, 1.82) is 0 Å². The van der Waals surface area contributed by atoms with E-state index in [2.05, 4.69) is 0 Å². The number of rotatable bonds is 3. The van der Waals surface area contributed by atoms with E-state index in [9.17, 15) is 14.7 Å². The van der Waals surface area contributed by atoms with Gasteiger partial charge in [-0.25, -0.2) is 0 Å². The van der Waals surface area contributed by atoms with Gasteiger partial charge in [0.1, 0.15) is 24.7 Å². The van der Waals surface area contributed by atoms with E-state index in [0.717, 1.165) is 0 Å². The van der Waals surface area contributed by atoms with E-state index in [1.807, 2.05) is 0 Å². The number of ketones is 1. The van der Waals surface area contributed by atoms with Crippen LogP contribution in [0.2, 0.25) is 0 Å². The summed E-state index contributed by atoms with van der Waals surface area (Å²) in [5.74, 6) is 0.363. The van der Waals surface area contributed by atoms with E-state index in [0.29, 0.717) is 41.6 Å². The molecule has 2 aliphatic heterocycles. The molecule has 0 bridgehead atoms. The summed E-state index contributed by atoms with van der Waals surface area (Å²) in [6, 6.07) is 6.51. The Labute approximate surface area is 155 Å². The maximum absolute atomic E-state index is 12.1. The Balaban J connectivity index is 1.90. The van der Waals surface area contributed by atoms with Crippen LogP contribution in [-0.2, 0) is 4.79 Å². The number of Topliss-reactive ketones (excluding diaryl/α,β-unsaturated/α-hetero) is 1. The quantitative estimate of drug-likeness (QED) is 0.505. The molecule has 1 atom stereocenters. The number of fused-ring (bicyclic) bond motifs is 2. The number of phenols is 1. The summed E-state index contributed by atoms with van der Waals surface area (Å²) in [5.41, 5.74) is 1.28. The highest BCUT2D eigenvalue weighted by molar-refractivity contribution is 5.98. The third-order valence-electron chi connectivity index (χ3n) is 4.75. The highest BCUT2D eigenvalue weighted by atomic mass is 16.6. The molecule has 7 heteroatoms. The van der Waals surface area contributed by atoms with Gasteiger partial charge >= 0.3 is 5.97 Å². The van der Waals surface area contributed by atoms with Crippen molar-refractivity contribution in [2.75, 3.05) is 20.3 Å². The van der Waals surface area contributed by atoms with Gasteiger partial charge < -0.3 is 24.1 Å². The van der Waals surface area contributed by atoms with Crippen LogP contribution >= 0.6 is 0 Å². The number of carbonyl (C=O) groups is 2. The first-order chi connectivity index (χ1) is 13.0. The molecular formula is C20H18O7. The molecule has 4 rings (SSSR count). The molecule has 0 aliphatic carbocycles. The number of ether oxygens (including phenoxy) is 4. The monoisotopic (exact) mass is 370 g/mol. The van der Waals surface area contributed by atoms with Crippen LogP contribution < -0.4 is 18.9 Å². The fourth-order valence-corrected chi connectivity index (χ4v) is 3.51. The predicted octanol–water partition coefficient (Wildman–Crippen LogP) is 2.82. The van der Waals surface area contributed by atoms with Crippen LogP contribution in [0.4, 0.5) is 0 Å². The molecule has 1 N–H and O–H groups in total. The zero-order valence-corrected chi connectivity index (χ0v) is 14.9.